The molecule has 0 saturated heterocycles. The van der Waals surface area contributed by atoms with Crippen LogP contribution in [0.1, 0.15) is 57.1 Å². The van der Waals surface area contributed by atoms with Crippen LogP contribution < -0.4 is 4.74 Å². The van der Waals surface area contributed by atoms with E-state index in [9.17, 15) is 18.0 Å². The fourth-order valence-corrected chi connectivity index (χ4v) is 4.11. The lowest BCUT2D eigenvalue weighted by molar-refractivity contribution is -0.146. The van der Waals surface area contributed by atoms with Crippen LogP contribution in [0.4, 0.5) is 13.2 Å². The molecular weight excluding hydrogens is 441 g/mol. The van der Waals surface area contributed by atoms with Gasteiger partial charge >= 0.3 is 12.1 Å². The van der Waals surface area contributed by atoms with Gasteiger partial charge in [0, 0.05) is 5.56 Å². The van der Waals surface area contributed by atoms with Crippen LogP contribution in [0.5, 0.6) is 5.75 Å². The molecule has 1 aliphatic carbocycles. The molecule has 32 heavy (non-hydrogen) atoms. The Bertz CT molecular complexity index is 938. The normalized spacial score (nSPS) is 15.0. The van der Waals surface area contributed by atoms with Crippen LogP contribution in [-0.4, -0.2) is 19.2 Å². The van der Waals surface area contributed by atoms with E-state index < -0.39 is 28.6 Å². The summed E-state index contributed by atoms with van der Waals surface area (Å²) < 4.78 is 53.9. The Hall–Kier alpha value is -2.21. The van der Waals surface area contributed by atoms with Crippen LogP contribution in [0, 0.1) is 11.8 Å². The number of carbonyl (C=O) groups excluding carboxylic acids is 1. The average Bonchev–Trinajstić information content (AvgIpc) is 3.54. The molecule has 174 valence electrons. The summed E-state index contributed by atoms with van der Waals surface area (Å²) in [7, 11) is 0. The molecule has 1 fully saturated rings. The van der Waals surface area contributed by atoms with Crippen LogP contribution >= 0.6 is 11.6 Å². The van der Waals surface area contributed by atoms with Crippen LogP contribution in [0.3, 0.4) is 0 Å². The number of benzene rings is 2. The molecule has 0 N–H and O–H groups in total. The van der Waals surface area contributed by atoms with Crippen LogP contribution in [-0.2, 0) is 15.7 Å². The van der Waals surface area contributed by atoms with E-state index in [0.717, 1.165) is 12.8 Å². The quantitative estimate of drug-likeness (QED) is 0.357. The SMILES string of the molecule is CCOC(=O)C(CC(C)C)c1cc(-c2ccccc2)c(OCC2CC2)c(Cl)c1C(F)(F)F. The number of hydrogen-bond acceptors (Lipinski definition) is 3. The van der Waals surface area contributed by atoms with Gasteiger partial charge in [-0.2, -0.15) is 13.2 Å². The second-order valence-corrected chi connectivity index (χ2v) is 8.96. The minimum absolute atomic E-state index is 0.00741. The van der Waals surface area contributed by atoms with Gasteiger partial charge < -0.3 is 9.47 Å². The smallest absolute Gasteiger partial charge is 0.418 e. The predicted molar refractivity (Wildman–Crippen MR) is 119 cm³/mol. The summed E-state index contributed by atoms with van der Waals surface area (Å²) in [5.41, 5.74) is -0.0877. The number of carbonyl (C=O) groups is 1. The third kappa shape index (κ3) is 5.77. The molecule has 0 bridgehead atoms. The topological polar surface area (TPSA) is 35.5 Å². The summed E-state index contributed by atoms with van der Waals surface area (Å²) in [4.78, 5) is 12.8. The first kappa shape index (κ1) is 24.4. The van der Waals surface area contributed by atoms with E-state index >= 15 is 0 Å². The van der Waals surface area contributed by atoms with Crippen LogP contribution in [0.25, 0.3) is 11.1 Å². The fourth-order valence-electron chi connectivity index (χ4n) is 3.74. The molecule has 7 heteroatoms. The van der Waals surface area contributed by atoms with Gasteiger partial charge in [0.1, 0.15) is 5.75 Å². The average molecular weight is 469 g/mol. The zero-order valence-electron chi connectivity index (χ0n) is 18.5. The monoisotopic (exact) mass is 468 g/mol. The summed E-state index contributed by atoms with van der Waals surface area (Å²) in [6.07, 6.45) is -2.58. The Morgan fingerprint density at radius 1 is 1.19 bits per heavy atom. The van der Waals surface area contributed by atoms with E-state index in [1.165, 1.54) is 6.07 Å². The highest BCUT2D eigenvalue weighted by Crippen LogP contribution is 2.50. The van der Waals surface area contributed by atoms with E-state index in [1.807, 2.05) is 19.9 Å². The zero-order chi connectivity index (χ0) is 23.5. The van der Waals surface area contributed by atoms with Crippen LogP contribution in [0.2, 0.25) is 5.02 Å². The summed E-state index contributed by atoms with van der Waals surface area (Å²) in [5, 5.41) is -0.507. The maximum atomic E-state index is 14.3. The van der Waals surface area contributed by atoms with Gasteiger partial charge in [-0.3, -0.25) is 4.79 Å². The van der Waals surface area contributed by atoms with Gasteiger partial charge in [-0.15, -0.1) is 0 Å². The summed E-state index contributed by atoms with van der Waals surface area (Å²) in [6.45, 7) is 5.73. The third-order valence-electron chi connectivity index (χ3n) is 5.43. The van der Waals surface area contributed by atoms with E-state index in [4.69, 9.17) is 21.1 Å². The van der Waals surface area contributed by atoms with Gasteiger partial charge in [0.25, 0.3) is 0 Å². The van der Waals surface area contributed by atoms with Crippen molar-refractivity contribution < 1.29 is 27.4 Å². The molecule has 1 unspecified atom stereocenters. The number of hydrogen-bond donors (Lipinski definition) is 0. The third-order valence-corrected chi connectivity index (χ3v) is 5.79. The molecule has 2 aromatic rings. The highest BCUT2D eigenvalue weighted by atomic mass is 35.5. The van der Waals surface area contributed by atoms with Crippen molar-refractivity contribution >= 4 is 17.6 Å². The molecular formula is C25H28ClF3O3. The van der Waals surface area contributed by atoms with Gasteiger partial charge in [0.2, 0.25) is 0 Å². The molecule has 2 aromatic carbocycles. The zero-order valence-corrected chi connectivity index (χ0v) is 19.2. The van der Waals surface area contributed by atoms with E-state index in [-0.39, 0.29) is 30.3 Å². The number of esters is 1. The molecule has 0 aliphatic heterocycles. The van der Waals surface area contributed by atoms with Crippen molar-refractivity contribution in [2.24, 2.45) is 11.8 Å². The molecule has 0 heterocycles. The molecule has 1 saturated carbocycles. The van der Waals surface area contributed by atoms with Crippen molar-refractivity contribution in [3.63, 3.8) is 0 Å². The Morgan fingerprint density at radius 3 is 2.38 bits per heavy atom. The van der Waals surface area contributed by atoms with Crippen molar-refractivity contribution in [1.29, 1.82) is 0 Å². The molecule has 3 nitrogen and oxygen atoms in total. The standard InChI is InChI=1S/C25H28ClF3O3/c1-4-31-24(30)20(12-15(2)3)19-13-18(17-8-6-5-7-9-17)23(32-14-16-10-11-16)22(26)21(19)25(27,28)29/h5-9,13,15-16,20H,4,10-12,14H2,1-3H3. The number of rotatable bonds is 9. The Balaban J connectivity index is 2.26. The lowest BCUT2D eigenvalue weighted by Gasteiger charge is -2.26. The van der Waals surface area contributed by atoms with Crippen molar-refractivity contribution in [3.8, 4) is 16.9 Å². The summed E-state index contributed by atoms with van der Waals surface area (Å²) in [5.74, 6) is -1.47. The van der Waals surface area contributed by atoms with E-state index in [0.29, 0.717) is 23.7 Å². The van der Waals surface area contributed by atoms with E-state index in [1.54, 1.807) is 31.2 Å². The molecule has 1 atom stereocenters. The van der Waals surface area contributed by atoms with Gasteiger partial charge in [-0.05, 0) is 55.2 Å². The largest absolute Gasteiger partial charge is 0.491 e. The number of halogens is 4. The highest BCUT2D eigenvalue weighted by molar-refractivity contribution is 6.33. The van der Waals surface area contributed by atoms with Gasteiger partial charge in [0.15, 0.2) is 0 Å². The minimum atomic E-state index is -4.76. The molecule has 0 aromatic heterocycles. The fraction of sp³-hybridized carbons (Fsp3) is 0.480. The second-order valence-electron chi connectivity index (χ2n) is 8.58. The van der Waals surface area contributed by atoms with Gasteiger partial charge in [-0.25, -0.2) is 0 Å². The van der Waals surface area contributed by atoms with Gasteiger partial charge in [0.05, 0.1) is 29.7 Å². The Morgan fingerprint density at radius 2 is 1.84 bits per heavy atom. The summed E-state index contributed by atoms with van der Waals surface area (Å²) in [6, 6.07) is 10.4. The predicted octanol–water partition coefficient (Wildman–Crippen LogP) is 7.51. The van der Waals surface area contributed by atoms with Crippen molar-refractivity contribution in [2.75, 3.05) is 13.2 Å². The molecule has 3 rings (SSSR count). The molecule has 0 radical (unpaired) electrons. The number of ether oxygens (including phenoxy) is 2. The molecule has 0 spiro atoms. The second kappa shape index (κ2) is 10.2. The maximum Gasteiger partial charge on any atom is 0.418 e. The minimum Gasteiger partial charge on any atom is -0.491 e. The van der Waals surface area contributed by atoms with Crippen molar-refractivity contribution in [3.05, 3.63) is 52.5 Å². The first-order valence-corrected chi connectivity index (χ1v) is 11.3. The lowest BCUT2D eigenvalue weighted by Crippen LogP contribution is -2.23. The first-order chi connectivity index (χ1) is 15.1. The van der Waals surface area contributed by atoms with Gasteiger partial charge in [-0.1, -0.05) is 55.8 Å². The summed E-state index contributed by atoms with van der Waals surface area (Å²) >= 11 is 6.42. The molecule has 0 amide bonds. The maximum absolute atomic E-state index is 14.3. The highest BCUT2D eigenvalue weighted by Gasteiger charge is 2.42. The number of alkyl halides is 3. The van der Waals surface area contributed by atoms with Crippen molar-refractivity contribution in [1.82, 2.24) is 0 Å². The van der Waals surface area contributed by atoms with Crippen molar-refractivity contribution in [2.45, 2.75) is 52.1 Å². The van der Waals surface area contributed by atoms with E-state index in [2.05, 4.69) is 0 Å². The van der Waals surface area contributed by atoms with Crippen LogP contribution in [0.15, 0.2) is 36.4 Å². The molecule has 1 aliphatic rings. The first-order valence-electron chi connectivity index (χ1n) is 10.9. The Labute approximate surface area is 191 Å². The lowest BCUT2D eigenvalue weighted by atomic mass is 9.85. The Kier molecular flexibility index (Phi) is 7.75.